The number of hydrogen-bond donors (Lipinski definition) is 0. The van der Waals surface area contributed by atoms with Gasteiger partial charge in [0.05, 0.1) is 12.3 Å². The van der Waals surface area contributed by atoms with E-state index >= 15 is 0 Å². The van der Waals surface area contributed by atoms with E-state index in [0.29, 0.717) is 18.9 Å². The molecule has 0 aromatic rings. The average Bonchev–Trinajstić information content (AvgIpc) is 2.46. The molecule has 0 fully saturated rings. The molecule has 0 aromatic carbocycles. The van der Waals surface area contributed by atoms with Crippen molar-refractivity contribution in [2.45, 2.75) is 111 Å². The van der Waals surface area contributed by atoms with E-state index in [1.54, 1.807) is 0 Å². The lowest BCUT2D eigenvalue weighted by atomic mass is 10.1. The molecule has 0 radical (unpaired) electrons. The SMILES string of the molecule is CC(CCC(=O)OC(C)C)CO[Si](C)(CO[Si](C)(C)C(C)(C)C)C(C)(C)C. The zero-order valence-electron chi connectivity index (χ0n) is 20.1. The summed E-state index contributed by atoms with van der Waals surface area (Å²) in [6.07, 6.45) is 1.93. The predicted octanol–water partition coefficient (Wildman–Crippen LogP) is 6.31. The van der Waals surface area contributed by atoms with Crippen molar-refractivity contribution in [2.24, 2.45) is 5.92 Å². The van der Waals surface area contributed by atoms with Gasteiger partial charge >= 0.3 is 5.97 Å². The lowest BCUT2D eigenvalue weighted by Gasteiger charge is -2.44. The van der Waals surface area contributed by atoms with Gasteiger partial charge in [0.2, 0.25) is 8.32 Å². The maximum Gasteiger partial charge on any atom is 0.306 e. The third kappa shape index (κ3) is 9.24. The molecule has 0 saturated heterocycles. The zero-order chi connectivity index (χ0) is 21.7. The third-order valence-electron chi connectivity index (χ3n) is 6.00. The van der Waals surface area contributed by atoms with Crippen molar-refractivity contribution < 1.29 is 18.4 Å². The summed E-state index contributed by atoms with van der Waals surface area (Å²) in [6, 6.07) is 0. The van der Waals surface area contributed by atoms with Gasteiger partial charge in [-0.3, -0.25) is 4.79 Å². The second kappa shape index (κ2) is 10.0. The topological polar surface area (TPSA) is 44.8 Å². The molecule has 0 aliphatic rings. The minimum atomic E-state index is -2.09. The highest BCUT2D eigenvalue weighted by Gasteiger charge is 2.46. The van der Waals surface area contributed by atoms with Gasteiger partial charge in [0.15, 0.2) is 8.32 Å². The van der Waals surface area contributed by atoms with Gasteiger partial charge < -0.3 is 13.6 Å². The summed E-state index contributed by atoms with van der Waals surface area (Å²) in [5, 5.41) is 0.288. The minimum absolute atomic E-state index is 0.0480. The van der Waals surface area contributed by atoms with E-state index in [4.69, 9.17) is 13.6 Å². The summed E-state index contributed by atoms with van der Waals surface area (Å²) in [5.41, 5.74) is 0. The second-order valence-electron chi connectivity index (χ2n) is 11.0. The first-order chi connectivity index (χ1) is 11.9. The molecule has 0 N–H and O–H groups in total. The Hall–Kier alpha value is -0.176. The Bertz CT molecular complexity index is 464. The van der Waals surface area contributed by atoms with Crippen LogP contribution in [0.5, 0.6) is 0 Å². The molecule has 4 nitrogen and oxygen atoms in total. The van der Waals surface area contributed by atoms with Crippen LogP contribution in [0.2, 0.25) is 29.7 Å². The molecular weight excluding hydrogens is 372 g/mol. The first-order valence-corrected chi connectivity index (χ1v) is 15.9. The van der Waals surface area contributed by atoms with Crippen LogP contribution in [0.4, 0.5) is 0 Å². The Kier molecular flexibility index (Phi) is 9.97. The van der Waals surface area contributed by atoms with Crippen molar-refractivity contribution >= 4 is 22.6 Å². The van der Waals surface area contributed by atoms with Gasteiger partial charge in [0, 0.05) is 13.0 Å². The highest BCUT2D eigenvalue weighted by Crippen LogP contribution is 2.41. The minimum Gasteiger partial charge on any atom is -0.463 e. The summed E-state index contributed by atoms with van der Waals surface area (Å²) in [6.45, 7) is 27.1. The van der Waals surface area contributed by atoms with E-state index in [9.17, 15) is 4.79 Å². The summed E-state index contributed by atoms with van der Waals surface area (Å²) in [5.74, 6) is 0.209. The first-order valence-electron chi connectivity index (χ1n) is 10.4. The van der Waals surface area contributed by atoms with Crippen molar-refractivity contribution in [3.63, 3.8) is 0 Å². The van der Waals surface area contributed by atoms with Crippen LogP contribution in [0.25, 0.3) is 0 Å². The van der Waals surface area contributed by atoms with Crippen molar-refractivity contribution in [2.75, 3.05) is 12.8 Å². The molecule has 2 atom stereocenters. The standard InChI is InChI=1S/C21H46O4Si2/c1-17(2)25-19(22)14-13-18(3)15-23-27(12,21(7,8)9)16-24-26(10,11)20(4,5)6/h17-18H,13-16H2,1-12H3. The number of carbonyl (C=O) groups excluding carboxylic acids is 1. The quantitative estimate of drug-likeness (QED) is 0.308. The lowest BCUT2D eigenvalue weighted by Crippen LogP contribution is -2.54. The molecule has 0 aliphatic heterocycles. The molecule has 0 aliphatic carbocycles. The van der Waals surface area contributed by atoms with Crippen molar-refractivity contribution in [3.8, 4) is 0 Å². The second-order valence-corrected chi connectivity index (χ2v) is 20.4. The van der Waals surface area contributed by atoms with Crippen LogP contribution in [-0.2, 0) is 18.4 Å². The lowest BCUT2D eigenvalue weighted by molar-refractivity contribution is -0.147. The highest BCUT2D eigenvalue weighted by molar-refractivity contribution is 6.78. The van der Waals surface area contributed by atoms with Gasteiger partial charge in [-0.1, -0.05) is 48.5 Å². The molecule has 162 valence electrons. The zero-order valence-corrected chi connectivity index (χ0v) is 22.1. The van der Waals surface area contributed by atoms with Crippen LogP contribution in [-0.4, -0.2) is 41.5 Å². The number of carbonyl (C=O) groups is 1. The number of ether oxygens (including phenoxy) is 1. The van der Waals surface area contributed by atoms with Crippen molar-refractivity contribution in [3.05, 3.63) is 0 Å². The van der Waals surface area contributed by atoms with Gasteiger partial charge in [-0.2, -0.15) is 0 Å². The summed E-state index contributed by atoms with van der Waals surface area (Å²) < 4.78 is 18.3. The highest BCUT2D eigenvalue weighted by atomic mass is 28.4. The number of esters is 1. The van der Waals surface area contributed by atoms with E-state index in [2.05, 4.69) is 68.1 Å². The summed E-state index contributed by atoms with van der Waals surface area (Å²) in [7, 11) is -3.89. The van der Waals surface area contributed by atoms with Crippen LogP contribution in [0.3, 0.4) is 0 Å². The molecule has 6 heteroatoms. The Balaban J connectivity index is 4.81. The summed E-state index contributed by atoms with van der Waals surface area (Å²) >= 11 is 0. The molecule has 0 heterocycles. The Labute approximate surface area is 171 Å². The molecule has 0 aromatic heterocycles. The van der Waals surface area contributed by atoms with Crippen LogP contribution in [0.15, 0.2) is 0 Å². The van der Waals surface area contributed by atoms with Crippen LogP contribution in [0, 0.1) is 5.92 Å². The average molecular weight is 419 g/mol. The molecule has 0 rings (SSSR count). The van der Waals surface area contributed by atoms with Crippen molar-refractivity contribution in [1.29, 1.82) is 0 Å². The first kappa shape index (κ1) is 26.8. The monoisotopic (exact) mass is 418 g/mol. The fourth-order valence-corrected chi connectivity index (χ4v) is 6.68. The number of rotatable bonds is 10. The van der Waals surface area contributed by atoms with Gasteiger partial charge in [-0.25, -0.2) is 0 Å². The van der Waals surface area contributed by atoms with Crippen molar-refractivity contribution in [1.82, 2.24) is 0 Å². The smallest absolute Gasteiger partial charge is 0.306 e. The fraction of sp³-hybridized carbons (Fsp3) is 0.952. The van der Waals surface area contributed by atoms with Crippen LogP contribution in [0.1, 0.15) is 75.2 Å². The fourth-order valence-electron chi connectivity index (χ4n) is 2.10. The Morgan fingerprint density at radius 1 is 0.889 bits per heavy atom. The van der Waals surface area contributed by atoms with Gasteiger partial charge in [0.25, 0.3) is 0 Å². The van der Waals surface area contributed by atoms with E-state index in [1.165, 1.54) is 0 Å². The van der Waals surface area contributed by atoms with Crippen LogP contribution < -0.4 is 0 Å². The molecule has 0 bridgehead atoms. The Morgan fingerprint density at radius 3 is 1.81 bits per heavy atom. The number of hydrogen-bond acceptors (Lipinski definition) is 4. The van der Waals surface area contributed by atoms with Gasteiger partial charge in [0.1, 0.15) is 0 Å². The van der Waals surface area contributed by atoms with E-state index in [1.807, 2.05) is 13.8 Å². The normalized spacial score (nSPS) is 16.9. The summed E-state index contributed by atoms with van der Waals surface area (Å²) in [4.78, 5) is 11.8. The largest absolute Gasteiger partial charge is 0.463 e. The molecule has 0 amide bonds. The van der Waals surface area contributed by atoms with E-state index in [0.717, 1.165) is 12.7 Å². The molecule has 0 spiro atoms. The van der Waals surface area contributed by atoms with Gasteiger partial charge in [-0.05, 0) is 55.9 Å². The maximum atomic E-state index is 11.8. The third-order valence-corrected chi connectivity index (χ3v) is 15.4. The molecule has 27 heavy (non-hydrogen) atoms. The molecular formula is C21H46O4Si2. The van der Waals surface area contributed by atoms with E-state index < -0.39 is 16.6 Å². The molecule has 0 saturated carbocycles. The molecule has 2 unspecified atom stereocenters. The Morgan fingerprint density at radius 2 is 1.41 bits per heavy atom. The predicted molar refractivity (Wildman–Crippen MR) is 120 cm³/mol. The van der Waals surface area contributed by atoms with E-state index in [-0.39, 0.29) is 22.1 Å². The van der Waals surface area contributed by atoms with Gasteiger partial charge in [-0.15, -0.1) is 0 Å². The maximum absolute atomic E-state index is 11.8. The van der Waals surface area contributed by atoms with Crippen LogP contribution >= 0.6 is 0 Å².